The molecule has 0 spiro atoms. The molecular weight excluding hydrogens is 520 g/mol. The number of carboxylic acid groups (broad SMARTS) is 1. The van der Waals surface area contributed by atoms with Crippen molar-refractivity contribution < 1.29 is 34.2 Å². The first-order chi connectivity index (χ1) is 18.9. The SMILES string of the molecule is CC(NC(=O)C(CC(N)=O)NC(=O)C(N)Cc1ccc(O)cc1)C(=O)NC(Cc1c[nH]c2ccccc12)C(=O)O. The summed E-state index contributed by atoms with van der Waals surface area (Å²) in [6.07, 6.45) is 1.19. The first-order valence-electron chi connectivity index (χ1n) is 12.4. The van der Waals surface area contributed by atoms with E-state index in [1.54, 1.807) is 18.3 Å². The Morgan fingerprint density at radius 1 is 0.875 bits per heavy atom. The lowest BCUT2D eigenvalue weighted by Crippen LogP contribution is -2.57. The number of nitrogens with two attached hydrogens (primary N) is 2. The number of nitrogens with one attached hydrogen (secondary N) is 4. The molecule has 212 valence electrons. The van der Waals surface area contributed by atoms with E-state index in [1.807, 2.05) is 24.3 Å². The molecule has 40 heavy (non-hydrogen) atoms. The molecule has 1 heterocycles. The maximum Gasteiger partial charge on any atom is 0.326 e. The number of carbonyl (C=O) groups excluding carboxylic acids is 4. The first kappa shape index (κ1) is 29.6. The van der Waals surface area contributed by atoms with Gasteiger partial charge in [0, 0.05) is 23.5 Å². The molecule has 4 unspecified atom stereocenters. The predicted molar refractivity (Wildman–Crippen MR) is 145 cm³/mol. The number of benzene rings is 2. The minimum absolute atomic E-state index is 0.00890. The van der Waals surface area contributed by atoms with Crippen molar-refractivity contribution in [3.63, 3.8) is 0 Å². The van der Waals surface area contributed by atoms with Gasteiger partial charge in [-0.2, -0.15) is 0 Å². The van der Waals surface area contributed by atoms with Gasteiger partial charge in [-0.25, -0.2) is 4.79 Å². The zero-order valence-corrected chi connectivity index (χ0v) is 21.7. The molecule has 10 N–H and O–H groups in total. The maximum absolute atomic E-state index is 12.9. The Balaban J connectivity index is 1.61. The van der Waals surface area contributed by atoms with Gasteiger partial charge in [-0.05, 0) is 42.7 Å². The molecule has 4 amide bonds. The molecule has 3 aromatic rings. The van der Waals surface area contributed by atoms with Gasteiger partial charge in [0.15, 0.2) is 0 Å². The average molecular weight is 553 g/mol. The number of aliphatic carboxylic acids is 1. The number of carbonyl (C=O) groups is 5. The van der Waals surface area contributed by atoms with Crippen molar-refractivity contribution in [1.82, 2.24) is 20.9 Å². The van der Waals surface area contributed by atoms with Crippen molar-refractivity contribution in [3.05, 3.63) is 65.9 Å². The summed E-state index contributed by atoms with van der Waals surface area (Å²) < 4.78 is 0. The van der Waals surface area contributed by atoms with Crippen LogP contribution in [0.25, 0.3) is 10.9 Å². The molecule has 0 aliphatic carbocycles. The van der Waals surface area contributed by atoms with E-state index in [0.717, 1.165) is 10.9 Å². The molecule has 0 bridgehead atoms. The number of primary amides is 1. The lowest BCUT2D eigenvalue weighted by Gasteiger charge is -2.23. The lowest BCUT2D eigenvalue weighted by molar-refractivity contribution is -0.142. The molecule has 0 radical (unpaired) electrons. The van der Waals surface area contributed by atoms with E-state index in [0.29, 0.717) is 11.1 Å². The minimum atomic E-state index is -1.42. The summed E-state index contributed by atoms with van der Waals surface area (Å²) >= 11 is 0. The number of hydrogen-bond acceptors (Lipinski definition) is 7. The fraction of sp³-hybridized carbons (Fsp3) is 0.296. The Hall–Kier alpha value is -4.91. The fourth-order valence-electron chi connectivity index (χ4n) is 4.06. The van der Waals surface area contributed by atoms with Crippen molar-refractivity contribution in [1.29, 1.82) is 0 Å². The van der Waals surface area contributed by atoms with Gasteiger partial charge < -0.3 is 42.6 Å². The van der Waals surface area contributed by atoms with Crippen molar-refractivity contribution in [2.45, 2.75) is 50.4 Å². The minimum Gasteiger partial charge on any atom is -0.508 e. The Bertz CT molecular complexity index is 1390. The van der Waals surface area contributed by atoms with E-state index in [4.69, 9.17) is 11.5 Å². The van der Waals surface area contributed by atoms with Crippen LogP contribution in [0.15, 0.2) is 54.7 Å². The summed E-state index contributed by atoms with van der Waals surface area (Å²) in [6, 6.07) is 8.34. The highest BCUT2D eigenvalue weighted by Gasteiger charge is 2.29. The molecule has 0 saturated carbocycles. The van der Waals surface area contributed by atoms with Crippen LogP contribution in [0.1, 0.15) is 24.5 Å². The molecule has 3 rings (SSSR count). The van der Waals surface area contributed by atoms with Crippen LogP contribution in [0, 0.1) is 0 Å². The molecule has 13 nitrogen and oxygen atoms in total. The number of phenols is 1. The molecule has 0 aliphatic heterocycles. The van der Waals surface area contributed by atoms with Crippen LogP contribution in [-0.4, -0.2) is 69.0 Å². The summed E-state index contributed by atoms with van der Waals surface area (Å²) in [6.45, 7) is 1.33. The summed E-state index contributed by atoms with van der Waals surface area (Å²) in [5.41, 5.74) is 13.3. The molecule has 0 aliphatic rings. The molecule has 1 aromatic heterocycles. The van der Waals surface area contributed by atoms with E-state index in [9.17, 15) is 34.2 Å². The third-order valence-corrected chi connectivity index (χ3v) is 6.23. The zero-order chi connectivity index (χ0) is 29.4. The number of aromatic hydroxyl groups is 1. The van der Waals surface area contributed by atoms with Gasteiger partial charge in [0.2, 0.25) is 23.6 Å². The van der Waals surface area contributed by atoms with Crippen molar-refractivity contribution in [2.24, 2.45) is 11.5 Å². The van der Waals surface area contributed by atoms with Gasteiger partial charge in [0.05, 0.1) is 12.5 Å². The number of para-hydroxylation sites is 1. The fourth-order valence-corrected chi connectivity index (χ4v) is 4.06. The highest BCUT2D eigenvalue weighted by Crippen LogP contribution is 2.19. The Morgan fingerprint density at radius 2 is 1.52 bits per heavy atom. The number of aromatic nitrogens is 1. The van der Waals surface area contributed by atoms with Gasteiger partial charge >= 0.3 is 5.97 Å². The number of aromatic amines is 1. The van der Waals surface area contributed by atoms with Crippen LogP contribution < -0.4 is 27.4 Å². The Morgan fingerprint density at radius 3 is 2.17 bits per heavy atom. The number of amides is 4. The second-order valence-corrected chi connectivity index (χ2v) is 9.40. The smallest absolute Gasteiger partial charge is 0.326 e. The lowest BCUT2D eigenvalue weighted by atomic mass is 10.0. The normalized spacial score (nSPS) is 13.9. The summed E-state index contributed by atoms with van der Waals surface area (Å²) in [7, 11) is 0. The number of H-pyrrole nitrogens is 1. The van der Waals surface area contributed by atoms with Gasteiger partial charge in [-0.15, -0.1) is 0 Å². The van der Waals surface area contributed by atoms with E-state index in [2.05, 4.69) is 20.9 Å². The standard InChI is InChI=1S/C27H32N6O7/c1-14(24(36)33-22(27(39)40)11-16-13-30-20-5-3-2-4-18(16)20)31-26(38)21(12-23(29)35)32-25(37)19(28)10-15-6-8-17(34)9-7-15/h2-9,13-14,19,21-22,30,34H,10-12,28H2,1H3,(H2,29,35)(H,31,38)(H,32,37)(H,33,36)(H,39,40). The highest BCUT2D eigenvalue weighted by atomic mass is 16.4. The first-order valence-corrected chi connectivity index (χ1v) is 12.4. The van der Waals surface area contributed by atoms with Crippen LogP contribution in [0.3, 0.4) is 0 Å². The molecule has 0 fully saturated rings. The number of carboxylic acids is 1. The largest absolute Gasteiger partial charge is 0.508 e. The van der Waals surface area contributed by atoms with Crippen LogP contribution >= 0.6 is 0 Å². The van der Waals surface area contributed by atoms with E-state index >= 15 is 0 Å². The maximum atomic E-state index is 12.9. The van der Waals surface area contributed by atoms with Gasteiger partial charge in [-0.3, -0.25) is 19.2 Å². The van der Waals surface area contributed by atoms with Crippen molar-refractivity contribution >= 4 is 40.5 Å². The Labute approximate surface area is 229 Å². The van der Waals surface area contributed by atoms with Crippen LogP contribution in [0.5, 0.6) is 5.75 Å². The summed E-state index contributed by atoms with van der Waals surface area (Å²) in [5.74, 6) is -4.50. The Kier molecular flexibility index (Phi) is 9.81. The van der Waals surface area contributed by atoms with Gasteiger partial charge in [-0.1, -0.05) is 30.3 Å². The van der Waals surface area contributed by atoms with Crippen LogP contribution in [-0.2, 0) is 36.8 Å². The number of phenolic OH excluding ortho intramolecular Hbond substituents is 1. The van der Waals surface area contributed by atoms with E-state index < -0.39 is 60.2 Å². The number of rotatable bonds is 13. The third kappa shape index (κ3) is 8.04. The van der Waals surface area contributed by atoms with Crippen molar-refractivity contribution in [3.8, 4) is 5.75 Å². The molecule has 0 saturated heterocycles. The number of fused-ring (bicyclic) bond motifs is 1. The third-order valence-electron chi connectivity index (χ3n) is 6.23. The topological polar surface area (TPSA) is 230 Å². The van der Waals surface area contributed by atoms with Gasteiger partial charge in [0.1, 0.15) is 23.9 Å². The quantitative estimate of drug-likeness (QED) is 0.136. The predicted octanol–water partition coefficient (Wildman–Crippen LogP) is -0.580. The second-order valence-electron chi connectivity index (χ2n) is 9.40. The van der Waals surface area contributed by atoms with Crippen molar-refractivity contribution in [2.75, 3.05) is 0 Å². The second kappa shape index (κ2) is 13.2. The monoisotopic (exact) mass is 552 g/mol. The molecule has 4 atom stereocenters. The highest BCUT2D eigenvalue weighted by molar-refractivity contribution is 5.96. The molecule has 13 heteroatoms. The summed E-state index contributed by atoms with van der Waals surface area (Å²) in [5, 5.41) is 27.0. The van der Waals surface area contributed by atoms with E-state index in [-0.39, 0.29) is 18.6 Å². The zero-order valence-electron chi connectivity index (χ0n) is 21.7. The summed E-state index contributed by atoms with van der Waals surface area (Å²) in [4.78, 5) is 64.8. The average Bonchev–Trinajstić information content (AvgIpc) is 3.31. The van der Waals surface area contributed by atoms with Crippen LogP contribution in [0.4, 0.5) is 0 Å². The number of hydrogen-bond donors (Lipinski definition) is 8. The molecular formula is C27H32N6O7. The van der Waals surface area contributed by atoms with E-state index in [1.165, 1.54) is 19.1 Å². The van der Waals surface area contributed by atoms with Gasteiger partial charge in [0.25, 0.3) is 0 Å². The van der Waals surface area contributed by atoms with Crippen LogP contribution in [0.2, 0.25) is 0 Å². The molecule has 2 aromatic carbocycles.